The number of nitrogens with zero attached hydrogens (tertiary/aromatic N) is 5. The van der Waals surface area contributed by atoms with Crippen LogP contribution in [-0.2, 0) is 26.2 Å². The van der Waals surface area contributed by atoms with Crippen molar-refractivity contribution in [1.29, 1.82) is 0 Å². The molecule has 17 heteroatoms. The number of hydrogen-bond acceptors (Lipinski definition) is 11. The van der Waals surface area contributed by atoms with Gasteiger partial charge >= 0.3 is 0 Å². The number of hydrogen-bond donors (Lipinski definition) is 2. The molecule has 338 valence electrons. The number of nitro benzene ring substituents is 1. The zero-order valence-electron chi connectivity index (χ0n) is 36.5. The summed E-state index contributed by atoms with van der Waals surface area (Å²) in [5.74, 6) is -0.209. The molecule has 1 saturated carbocycles. The zero-order chi connectivity index (χ0) is 45.4. The van der Waals surface area contributed by atoms with E-state index in [4.69, 9.17) is 16.3 Å². The summed E-state index contributed by atoms with van der Waals surface area (Å²) in [6.45, 7) is 8.61. The molecule has 5 aromatic rings. The summed E-state index contributed by atoms with van der Waals surface area (Å²) >= 11 is 6.24. The molecule has 0 unspecified atom stereocenters. The second-order valence-electron chi connectivity index (χ2n) is 18.4. The third-order valence-corrected chi connectivity index (χ3v) is 15.0. The lowest BCUT2D eigenvalue weighted by Crippen LogP contribution is -2.47. The van der Waals surface area contributed by atoms with E-state index in [1.54, 1.807) is 43.0 Å². The van der Waals surface area contributed by atoms with Crippen molar-refractivity contribution in [3.05, 3.63) is 123 Å². The monoisotopic (exact) mass is 927 g/mol. The zero-order valence-corrected chi connectivity index (χ0v) is 38.9. The molecule has 2 aromatic heterocycles. The molecule has 8 rings (SSSR count). The van der Waals surface area contributed by atoms with Gasteiger partial charge in [0.15, 0.2) is 0 Å². The second-order valence-corrected chi connectivity index (χ2v) is 23.1. The van der Waals surface area contributed by atoms with Gasteiger partial charge in [0, 0.05) is 95.0 Å². The minimum atomic E-state index is -4.56. The Kier molecular flexibility index (Phi) is 12.9. The molecule has 0 bridgehead atoms. The van der Waals surface area contributed by atoms with Crippen molar-refractivity contribution in [3.63, 3.8) is 0 Å². The Balaban J connectivity index is 0.985. The van der Waals surface area contributed by atoms with Crippen molar-refractivity contribution in [1.82, 2.24) is 19.6 Å². The summed E-state index contributed by atoms with van der Waals surface area (Å²) in [5.41, 5.74) is 5.79. The Hall–Kier alpha value is -5.29. The van der Waals surface area contributed by atoms with E-state index >= 15 is 0 Å². The smallest absolute Gasteiger partial charge is 0.273 e. The lowest BCUT2D eigenvalue weighted by atomic mass is 9.72. The first-order valence-corrected chi connectivity index (χ1v) is 25.8. The SMILES string of the molecule is CC1(C)CCC(CN2CCN(c3ccc(C(=O)NS(=O)(=O)c4ccc(CCC5CC(N=S(C)(C)=O)C5)c([N+](=O)[O-])c4)c(Oc4cnc5[nH]ccc5c4)c3)CC2)=C(c2ccc(Cl)cc2)C1. The summed E-state index contributed by atoms with van der Waals surface area (Å²) in [4.78, 5) is 37.3. The van der Waals surface area contributed by atoms with Crippen LogP contribution in [0, 0.1) is 21.4 Å². The van der Waals surface area contributed by atoms with Gasteiger partial charge in [0.1, 0.15) is 17.1 Å². The number of aromatic nitrogens is 2. The number of halogens is 1. The predicted octanol–water partition coefficient (Wildman–Crippen LogP) is 9.26. The maximum Gasteiger partial charge on any atom is 0.273 e. The highest BCUT2D eigenvalue weighted by molar-refractivity contribution is 7.92. The van der Waals surface area contributed by atoms with Gasteiger partial charge in [-0.1, -0.05) is 49.2 Å². The number of allylic oxidation sites excluding steroid dienone is 1. The van der Waals surface area contributed by atoms with E-state index in [1.165, 1.54) is 35.0 Å². The maximum atomic E-state index is 14.0. The van der Waals surface area contributed by atoms with Crippen LogP contribution < -0.4 is 14.4 Å². The molecule has 14 nitrogen and oxygen atoms in total. The normalized spacial score (nSPS) is 19.3. The van der Waals surface area contributed by atoms with Crippen LogP contribution in [0.15, 0.2) is 100 Å². The first-order chi connectivity index (χ1) is 30.4. The number of rotatable bonds is 14. The molecular formula is C47H54ClN7O7S2. The number of benzene rings is 3. The van der Waals surface area contributed by atoms with Crippen LogP contribution in [0.2, 0.25) is 5.02 Å². The number of sulfonamides is 1. The van der Waals surface area contributed by atoms with Crippen LogP contribution in [0.1, 0.15) is 73.9 Å². The highest BCUT2D eigenvalue weighted by Gasteiger charge is 2.32. The Morgan fingerprint density at radius 3 is 2.48 bits per heavy atom. The number of piperazine rings is 1. The van der Waals surface area contributed by atoms with Gasteiger partial charge in [-0.3, -0.25) is 24.0 Å². The van der Waals surface area contributed by atoms with Gasteiger partial charge in [0.05, 0.1) is 27.6 Å². The van der Waals surface area contributed by atoms with Gasteiger partial charge in [0.2, 0.25) is 0 Å². The number of aryl methyl sites for hydroxylation is 1. The number of amides is 1. The van der Waals surface area contributed by atoms with E-state index in [1.807, 2.05) is 18.2 Å². The average molecular weight is 929 g/mol. The predicted molar refractivity (Wildman–Crippen MR) is 252 cm³/mol. The van der Waals surface area contributed by atoms with E-state index in [0.29, 0.717) is 29.8 Å². The van der Waals surface area contributed by atoms with Gasteiger partial charge in [-0.15, -0.1) is 0 Å². The molecule has 2 N–H and O–H groups in total. The van der Waals surface area contributed by atoms with Crippen LogP contribution in [0.5, 0.6) is 11.5 Å². The number of carbonyl (C=O) groups is 1. The van der Waals surface area contributed by atoms with Crippen LogP contribution in [0.4, 0.5) is 11.4 Å². The first-order valence-electron chi connectivity index (χ1n) is 21.6. The van der Waals surface area contributed by atoms with Gasteiger partial charge < -0.3 is 14.6 Å². The minimum absolute atomic E-state index is 0.0227. The molecule has 3 aliphatic rings. The number of anilines is 1. The van der Waals surface area contributed by atoms with Gasteiger partial charge in [-0.05, 0) is 110 Å². The Labute approximate surface area is 379 Å². The number of aromatic amines is 1. The molecule has 0 radical (unpaired) electrons. The highest BCUT2D eigenvalue weighted by Crippen LogP contribution is 2.44. The molecule has 64 heavy (non-hydrogen) atoms. The van der Waals surface area contributed by atoms with Crippen LogP contribution >= 0.6 is 11.6 Å². The number of nitro groups is 1. The number of pyridine rings is 1. The van der Waals surface area contributed by atoms with Gasteiger partial charge in [-0.2, -0.15) is 0 Å². The largest absolute Gasteiger partial charge is 0.455 e. The maximum absolute atomic E-state index is 14.0. The molecule has 0 atom stereocenters. The Morgan fingerprint density at radius 2 is 1.77 bits per heavy atom. The van der Waals surface area contributed by atoms with Gasteiger partial charge in [0.25, 0.3) is 21.6 Å². The molecule has 3 aromatic carbocycles. The van der Waals surface area contributed by atoms with Crippen molar-refractivity contribution >= 4 is 65.2 Å². The summed E-state index contributed by atoms with van der Waals surface area (Å²) in [7, 11) is -6.76. The van der Waals surface area contributed by atoms with Crippen molar-refractivity contribution in [3.8, 4) is 11.5 Å². The molecule has 3 heterocycles. The third-order valence-electron chi connectivity index (χ3n) is 12.6. The number of H-pyrrole nitrogens is 1. The van der Waals surface area contributed by atoms with Crippen LogP contribution in [0.3, 0.4) is 0 Å². The molecule has 2 fully saturated rings. The standard InChI is InChI=1S/C47H54ClN7O7S2/c1-47(2)17-15-35(42(28-47)32-7-10-36(48)11-8-32)30-53-19-21-54(22-20-53)38-12-14-41(44(26-38)62-39-25-34-16-18-49-45(34)50-29-39)46(56)52-64(60,61)40-13-9-33(43(27-40)55(57)58)6-5-31-23-37(24-31)51-63(3,4)59/h7-14,16,18,25-27,29,31,37H,5-6,15,17,19-24,28,30H2,1-4H3,(H,49,50)(H,52,56). The molecule has 2 aliphatic carbocycles. The van der Waals surface area contributed by atoms with E-state index in [2.05, 4.69) is 54.8 Å². The van der Waals surface area contributed by atoms with Crippen LogP contribution in [-0.4, -0.2) is 89.6 Å². The minimum Gasteiger partial charge on any atom is -0.455 e. The van der Waals surface area contributed by atoms with Crippen molar-refractivity contribution in [2.45, 2.75) is 69.7 Å². The van der Waals surface area contributed by atoms with Crippen molar-refractivity contribution in [2.24, 2.45) is 15.7 Å². The average Bonchev–Trinajstić information content (AvgIpc) is 3.70. The van der Waals surface area contributed by atoms with E-state index in [-0.39, 0.29) is 34.4 Å². The molecular weight excluding hydrogens is 874 g/mol. The summed E-state index contributed by atoms with van der Waals surface area (Å²) in [6.07, 6.45) is 12.2. The summed E-state index contributed by atoms with van der Waals surface area (Å²) in [6, 6.07) is 20.6. The van der Waals surface area contributed by atoms with Crippen LogP contribution in [0.25, 0.3) is 16.6 Å². The number of ether oxygens (including phenoxy) is 1. The summed E-state index contributed by atoms with van der Waals surface area (Å²) < 4.78 is 52.3. The fourth-order valence-electron chi connectivity index (χ4n) is 9.05. The van der Waals surface area contributed by atoms with Crippen molar-refractivity contribution in [2.75, 3.05) is 50.1 Å². The van der Waals surface area contributed by atoms with E-state index in [9.17, 15) is 27.5 Å². The number of carbonyl (C=O) groups excluding carboxylic acids is 1. The molecule has 1 saturated heterocycles. The van der Waals surface area contributed by atoms with E-state index < -0.39 is 35.5 Å². The fraction of sp³-hybridized carbons (Fsp3) is 0.404. The number of nitrogens with one attached hydrogen (secondary N) is 2. The highest BCUT2D eigenvalue weighted by atomic mass is 35.5. The lowest BCUT2D eigenvalue weighted by molar-refractivity contribution is -0.385. The van der Waals surface area contributed by atoms with Crippen molar-refractivity contribution < 1.29 is 27.1 Å². The third kappa shape index (κ3) is 10.8. The molecule has 1 amide bonds. The summed E-state index contributed by atoms with van der Waals surface area (Å²) in [5, 5.41) is 13.7. The molecule has 1 aliphatic heterocycles. The number of fused-ring (bicyclic) bond motifs is 1. The Morgan fingerprint density at radius 1 is 1.02 bits per heavy atom. The first kappa shape index (κ1) is 45.3. The van der Waals surface area contributed by atoms with E-state index in [0.717, 1.165) is 87.0 Å². The quantitative estimate of drug-likeness (QED) is 0.0805. The van der Waals surface area contributed by atoms with Gasteiger partial charge in [-0.25, -0.2) is 22.5 Å². The topological polar surface area (TPSA) is 180 Å². The second kappa shape index (κ2) is 18.3. The Bertz CT molecular complexity index is 2850. The fourth-order valence-corrected chi connectivity index (χ4v) is 11.1. The lowest BCUT2D eigenvalue weighted by Gasteiger charge is -2.39. The molecule has 0 spiro atoms.